The van der Waals surface area contributed by atoms with E-state index in [1.165, 1.54) is 0 Å². The number of hydrogen-bond donors (Lipinski definition) is 2. The van der Waals surface area contributed by atoms with Crippen LogP contribution in [-0.2, 0) is 22.6 Å². The van der Waals surface area contributed by atoms with E-state index in [0.29, 0.717) is 18.9 Å². The molecule has 4 heteroatoms. The van der Waals surface area contributed by atoms with E-state index in [1.54, 1.807) is 0 Å². The summed E-state index contributed by atoms with van der Waals surface area (Å²) < 4.78 is 0. The number of fused-ring (bicyclic) bond motifs is 1. The molecule has 0 unspecified atom stereocenters. The standard InChI is InChI=1S/C17H24N2O2/c1-4-5-14(11(2)3)17(21)18-10-12-6-7-15-13(8-12)9-16(20)19-15/h6-8,11,14H,4-5,9-10H2,1-3H3,(H,18,21)(H,19,20)/t14-/m1/s1. The van der Waals surface area contributed by atoms with Gasteiger partial charge in [0.2, 0.25) is 11.8 Å². The Morgan fingerprint density at radius 3 is 2.81 bits per heavy atom. The second kappa shape index (κ2) is 6.74. The van der Waals surface area contributed by atoms with Crippen LogP contribution in [0.3, 0.4) is 0 Å². The smallest absolute Gasteiger partial charge is 0.228 e. The minimum atomic E-state index is 0.0361. The summed E-state index contributed by atoms with van der Waals surface area (Å²) in [5.41, 5.74) is 2.94. The maximum absolute atomic E-state index is 12.3. The molecule has 1 aromatic carbocycles. The Balaban J connectivity index is 1.95. The minimum Gasteiger partial charge on any atom is -0.352 e. The highest BCUT2D eigenvalue weighted by atomic mass is 16.2. The van der Waals surface area contributed by atoms with Crippen molar-refractivity contribution in [3.05, 3.63) is 29.3 Å². The summed E-state index contributed by atoms with van der Waals surface area (Å²) in [5, 5.41) is 5.84. The van der Waals surface area contributed by atoms with Crippen molar-refractivity contribution in [2.45, 2.75) is 46.6 Å². The highest BCUT2D eigenvalue weighted by molar-refractivity contribution is 5.99. The first-order valence-corrected chi connectivity index (χ1v) is 7.70. The van der Waals surface area contributed by atoms with Gasteiger partial charge >= 0.3 is 0 Å². The third-order valence-corrected chi connectivity index (χ3v) is 4.00. The van der Waals surface area contributed by atoms with Gasteiger partial charge in [0.25, 0.3) is 0 Å². The zero-order valence-electron chi connectivity index (χ0n) is 13.0. The van der Waals surface area contributed by atoms with Crippen LogP contribution < -0.4 is 10.6 Å². The summed E-state index contributed by atoms with van der Waals surface area (Å²) in [6.45, 7) is 6.81. The molecule has 4 nitrogen and oxygen atoms in total. The molecule has 1 aromatic rings. The summed E-state index contributed by atoms with van der Waals surface area (Å²) >= 11 is 0. The third kappa shape index (κ3) is 3.84. The van der Waals surface area contributed by atoms with Crippen molar-refractivity contribution in [3.63, 3.8) is 0 Å². The number of nitrogens with one attached hydrogen (secondary N) is 2. The van der Waals surface area contributed by atoms with E-state index >= 15 is 0 Å². The van der Waals surface area contributed by atoms with Gasteiger partial charge in [-0.3, -0.25) is 9.59 Å². The molecule has 1 heterocycles. The van der Waals surface area contributed by atoms with Crippen molar-refractivity contribution in [3.8, 4) is 0 Å². The number of rotatable bonds is 6. The molecule has 0 aliphatic carbocycles. The van der Waals surface area contributed by atoms with E-state index in [-0.39, 0.29) is 17.7 Å². The van der Waals surface area contributed by atoms with E-state index in [0.717, 1.165) is 29.7 Å². The van der Waals surface area contributed by atoms with Crippen molar-refractivity contribution in [1.29, 1.82) is 0 Å². The molecule has 1 aliphatic heterocycles. The molecule has 21 heavy (non-hydrogen) atoms. The molecule has 0 aromatic heterocycles. The number of anilines is 1. The molecule has 0 saturated heterocycles. The number of carbonyl (C=O) groups excluding carboxylic acids is 2. The molecule has 0 bridgehead atoms. The molecule has 0 fully saturated rings. The molecule has 0 radical (unpaired) electrons. The molecular formula is C17H24N2O2. The van der Waals surface area contributed by atoms with Gasteiger partial charge in [0, 0.05) is 18.2 Å². The van der Waals surface area contributed by atoms with E-state index in [9.17, 15) is 9.59 Å². The van der Waals surface area contributed by atoms with Gasteiger partial charge in [-0.1, -0.05) is 39.3 Å². The molecule has 1 atom stereocenters. The number of carbonyl (C=O) groups is 2. The Morgan fingerprint density at radius 2 is 2.14 bits per heavy atom. The van der Waals surface area contributed by atoms with Crippen LogP contribution in [0, 0.1) is 11.8 Å². The van der Waals surface area contributed by atoms with Crippen molar-refractivity contribution in [1.82, 2.24) is 5.32 Å². The van der Waals surface area contributed by atoms with Crippen LogP contribution in [0.2, 0.25) is 0 Å². The lowest BCUT2D eigenvalue weighted by Crippen LogP contribution is -2.33. The van der Waals surface area contributed by atoms with Crippen LogP contribution in [0.5, 0.6) is 0 Å². The van der Waals surface area contributed by atoms with Crippen LogP contribution in [0.25, 0.3) is 0 Å². The van der Waals surface area contributed by atoms with Crippen LogP contribution in [-0.4, -0.2) is 11.8 Å². The molecule has 2 N–H and O–H groups in total. The lowest BCUT2D eigenvalue weighted by atomic mass is 9.90. The van der Waals surface area contributed by atoms with Gasteiger partial charge in [0.1, 0.15) is 0 Å². The van der Waals surface area contributed by atoms with Crippen LogP contribution >= 0.6 is 0 Å². The second-order valence-electron chi connectivity index (χ2n) is 6.07. The van der Waals surface area contributed by atoms with Gasteiger partial charge < -0.3 is 10.6 Å². The topological polar surface area (TPSA) is 58.2 Å². The van der Waals surface area contributed by atoms with Crippen LogP contribution in [0.15, 0.2) is 18.2 Å². The van der Waals surface area contributed by atoms with Gasteiger partial charge in [0.05, 0.1) is 6.42 Å². The van der Waals surface area contributed by atoms with Crippen LogP contribution in [0.1, 0.15) is 44.7 Å². The number of benzene rings is 1. The van der Waals surface area contributed by atoms with E-state index in [1.807, 2.05) is 18.2 Å². The van der Waals surface area contributed by atoms with E-state index in [4.69, 9.17) is 0 Å². The fourth-order valence-electron chi connectivity index (χ4n) is 2.79. The molecule has 114 valence electrons. The number of hydrogen-bond acceptors (Lipinski definition) is 2. The molecule has 2 amide bonds. The predicted octanol–water partition coefficient (Wildman–Crippen LogP) is 2.87. The molecule has 0 saturated carbocycles. The van der Waals surface area contributed by atoms with Crippen LogP contribution in [0.4, 0.5) is 5.69 Å². The summed E-state index contributed by atoms with van der Waals surface area (Å²) in [4.78, 5) is 23.6. The quantitative estimate of drug-likeness (QED) is 0.845. The fraction of sp³-hybridized carbons (Fsp3) is 0.529. The van der Waals surface area contributed by atoms with Gasteiger partial charge in [-0.15, -0.1) is 0 Å². The molecule has 2 rings (SSSR count). The van der Waals surface area contributed by atoms with Crippen molar-refractivity contribution >= 4 is 17.5 Å². The first-order valence-electron chi connectivity index (χ1n) is 7.70. The fourth-order valence-corrected chi connectivity index (χ4v) is 2.79. The SMILES string of the molecule is CCC[C@@H](C(=O)NCc1ccc2c(c1)CC(=O)N2)C(C)C. The Morgan fingerprint density at radius 1 is 1.38 bits per heavy atom. The lowest BCUT2D eigenvalue weighted by Gasteiger charge is -2.19. The third-order valence-electron chi connectivity index (χ3n) is 4.00. The minimum absolute atomic E-state index is 0.0361. The second-order valence-corrected chi connectivity index (χ2v) is 6.07. The van der Waals surface area contributed by atoms with E-state index in [2.05, 4.69) is 31.4 Å². The summed E-state index contributed by atoms with van der Waals surface area (Å²) in [7, 11) is 0. The summed E-state index contributed by atoms with van der Waals surface area (Å²) in [5.74, 6) is 0.593. The summed E-state index contributed by atoms with van der Waals surface area (Å²) in [6.07, 6.45) is 2.37. The highest BCUT2D eigenvalue weighted by Crippen LogP contribution is 2.24. The lowest BCUT2D eigenvalue weighted by molar-refractivity contribution is -0.126. The average molecular weight is 288 g/mol. The zero-order valence-corrected chi connectivity index (χ0v) is 13.0. The maximum Gasteiger partial charge on any atom is 0.228 e. The van der Waals surface area contributed by atoms with Gasteiger partial charge in [-0.05, 0) is 29.5 Å². The molecular weight excluding hydrogens is 264 g/mol. The zero-order chi connectivity index (χ0) is 15.4. The number of amides is 2. The van der Waals surface area contributed by atoms with Crippen molar-refractivity contribution in [2.75, 3.05) is 5.32 Å². The largest absolute Gasteiger partial charge is 0.352 e. The van der Waals surface area contributed by atoms with E-state index < -0.39 is 0 Å². The highest BCUT2D eigenvalue weighted by Gasteiger charge is 2.21. The van der Waals surface area contributed by atoms with Gasteiger partial charge in [0.15, 0.2) is 0 Å². The molecule has 0 spiro atoms. The van der Waals surface area contributed by atoms with Gasteiger partial charge in [-0.2, -0.15) is 0 Å². The summed E-state index contributed by atoms with van der Waals surface area (Å²) in [6, 6.07) is 5.86. The Labute approximate surface area is 126 Å². The first-order chi connectivity index (χ1) is 10.0. The Kier molecular flexibility index (Phi) is 4.99. The predicted molar refractivity (Wildman–Crippen MR) is 83.9 cm³/mol. The average Bonchev–Trinajstić information content (AvgIpc) is 2.81. The Hall–Kier alpha value is -1.84. The maximum atomic E-state index is 12.3. The van der Waals surface area contributed by atoms with Crippen molar-refractivity contribution in [2.24, 2.45) is 11.8 Å². The monoisotopic (exact) mass is 288 g/mol. The Bertz CT molecular complexity index is 538. The molecule has 1 aliphatic rings. The normalized spacial score (nSPS) is 14.8. The van der Waals surface area contributed by atoms with Gasteiger partial charge in [-0.25, -0.2) is 0 Å². The first kappa shape index (κ1) is 15.5. The van der Waals surface area contributed by atoms with Crippen molar-refractivity contribution < 1.29 is 9.59 Å².